The molecule has 1 unspecified atom stereocenters. The van der Waals surface area contributed by atoms with Gasteiger partial charge in [-0.25, -0.2) is 8.42 Å². The Morgan fingerprint density at radius 1 is 1.67 bits per heavy atom. The normalized spacial score (nSPS) is 13.5. The van der Waals surface area contributed by atoms with E-state index in [1.54, 1.807) is 0 Å². The molecule has 5 heteroatoms. The van der Waals surface area contributed by atoms with Gasteiger partial charge in [-0.1, -0.05) is 6.08 Å². The molecule has 1 amide bonds. The highest BCUT2D eigenvalue weighted by atomic mass is 32.2. The van der Waals surface area contributed by atoms with E-state index in [1.165, 1.54) is 13.0 Å². The van der Waals surface area contributed by atoms with Crippen molar-refractivity contribution in [1.82, 2.24) is 5.32 Å². The molecule has 0 aromatic rings. The first-order valence-electron chi connectivity index (χ1n) is 3.44. The molecule has 0 aliphatic rings. The molecule has 4 nitrogen and oxygen atoms in total. The van der Waals surface area contributed by atoms with Crippen molar-refractivity contribution >= 4 is 15.7 Å². The van der Waals surface area contributed by atoms with E-state index in [0.717, 1.165) is 6.26 Å². The molecule has 1 atom stereocenters. The van der Waals surface area contributed by atoms with E-state index in [-0.39, 0.29) is 12.3 Å². The highest BCUT2D eigenvalue weighted by Gasteiger charge is 2.19. The van der Waals surface area contributed by atoms with Gasteiger partial charge in [0.2, 0.25) is 5.91 Å². The van der Waals surface area contributed by atoms with Crippen molar-refractivity contribution in [3.05, 3.63) is 12.7 Å². The standard InChI is InChI=1S/C7H13NO3S/c1-4-5-7(8-6(2)9)12(3,10)11/h4,7H,1,5H2,2-3H3,(H,8,9). The lowest BCUT2D eigenvalue weighted by molar-refractivity contribution is -0.119. The minimum atomic E-state index is -3.23. The summed E-state index contributed by atoms with van der Waals surface area (Å²) in [6.07, 6.45) is 2.77. The summed E-state index contributed by atoms with van der Waals surface area (Å²) in [5.74, 6) is -0.354. The summed E-state index contributed by atoms with van der Waals surface area (Å²) in [6.45, 7) is 4.68. The Bertz CT molecular complexity index is 268. The molecule has 0 radical (unpaired) electrons. The first-order valence-corrected chi connectivity index (χ1v) is 5.40. The molecule has 0 rings (SSSR count). The number of amides is 1. The fourth-order valence-electron chi connectivity index (χ4n) is 0.719. The van der Waals surface area contributed by atoms with Crippen LogP contribution in [0.4, 0.5) is 0 Å². The van der Waals surface area contributed by atoms with E-state index < -0.39 is 15.2 Å². The fraction of sp³-hybridized carbons (Fsp3) is 0.571. The van der Waals surface area contributed by atoms with Gasteiger partial charge < -0.3 is 5.32 Å². The Morgan fingerprint density at radius 2 is 2.17 bits per heavy atom. The van der Waals surface area contributed by atoms with Gasteiger partial charge in [0.15, 0.2) is 9.84 Å². The molecule has 0 aromatic heterocycles. The van der Waals surface area contributed by atoms with Crippen LogP contribution in [0.25, 0.3) is 0 Å². The predicted octanol–water partition coefficient (Wildman–Crippen LogP) is 0.0693. The van der Waals surface area contributed by atoms with Gasteiger partial charge in [-0.05, 0) is 6.42 Å². The first-order chi connectivity index (χ1) is 5.38. The number of hydrogen-bond donors (Lipinski definition) is 1. The Balaban J connectivity index is 4.44. The van der Waals surface area contributed by atoms with Gasteiger partial charge in [0.1, 0.15) is 5.37 Å². The molecule has 70 valence electrons. The Labute approximate surface area is 72.6 Å². The lowest BCUT2D eigenvalue weighted by Crippen LogP contribution is -2.38. The number of hydrogen-bond acceptors (Lipinski definition) is 3. The van der Waals surface area contributed by atoms with Gasteiger partial charge >= 0.3 is 0 Å². The summed E-state index contributed by atoms with van der Waals surface area (Å²) >= 11 is 0. The van der Waals surface area contributed by atoms with Gasteiger partial charge in [0, 0.05) is 13.2 Å². The molecule has 0 aromatic carbocycles. The summed E-state index contributed by atoms with van der Waals surface area (Å²) in [6, 6.07) is 0. The van der Waals surface area contributed by atoms with E-state index in [9.17, 15) is 13.2 Å². The Morgan fingerprint density at radius 3 is 2.42 bits per heavy atom. The Hall–Kier alpha value is -0.840. The Kier molecular flexibility index (Phi) is 3.95. The van der Waals surface area contributed by atoms with Crippen LogP contribution >= 0.6 is 0 Å². The summed E-state index contributed by atoms with van der Waals surface area (Å²) in [5, 5.41) is 1.48. The average Bonchev–Trinajstić information content (AvgIpc) is 1.83. The zero-order valence-corrected chi connectivity index (χ0v) is 8.02. The van der Waals surface area contributed by atoms with Crippen molar-refractivity contribution in [1.29, 1.82) is 0 Å². The maximum atomic E-state index is 11.0. The van der Waals surface area contributed by atoms with Crippen molar-refractivity contribution in [2.45, 2.75) is 18.7 Å². The molecule has 1 N–H and O–H groups in total. The van der Waals surface area contributed by atoms with Crippen molar-refractivity contribution < 1.29 is 13.2 Å². The number of nitrogens with one attached hydrogen (secondary N) is 1. The lowest BCUT2D eigenvalue weighted by atomic mass is 10.4. The average molecular weight is 191 g/mol. The van der Waals surface area contributed by atoms with Crippen LogP contribution in [0.2, 0.25) is 0 Å². The van der Waals surface area contributed by atoms with Crippen molar-refractivity contribution in [3.8, 4) is 0 Å². The van der Waals surface area contributed by atoms with Crippen LogP contribution in [0.1, 0.15) is 13.3 Å². The lowest BCUT2D eigenvalue weighted by Gasteiger charge is -2.13. The second-order valence-corrected chi connectivity index (χ2v) is 4.77. The van der Waals surface area contributed by atoms with Gasteiger partial charge in [0.25, 0.3) is 0 Å². The van der Waals surface area contributed by atoms with E-state index in [0.29, 0.717) is 0 Å². The number of rotatable bonds is 4. The largest absolute Gasteiger partial charge is 0.340 e. The maximum Gasteiger partial charge on any atom is 0.217 e. The van der Waals surface area contributed by atoms with E-state index in [2.05, 4.69) is 11.9 Å². The minimum Gasteiger partial charge on any atom is -0.340 e. The molecule has 0 aliphatic heterocycles. The van der Waals surface area contributed by atoms with Crippen LogP contribution in [0.3, 0.4) is 0 Å². The van der Waals surface area contributed by atoms with E-state index in [1.807, 2.05) is 0 Å². The number of carbonyl (C=O) groups is 1. The molecule has 0 aliphatic carbocycles. The van der Waals surface area contributed by atoms with Gasteiger partial charge in [-0.2, -0.15) is 0 Å². The molecule has 0 saturated carbocycles. The maximum absolute atomic E-state index is 11.0. The van der Waals surface area contributed by atoms with Crippen LogP contribution in [-0.2, 0) is 14.6 Å². The van der Waals surface area contributed by atoms with Crippen LogP contribution in [0, 0.1) is 0 Å². The third kappa shape index (κ3) is 4.12. The molecule has 0 saturated heterocycles. The third-order valence-electron chi connectivity index (χ3n) is 1.26. The second kappa shape index (κ2) is 4.25. The number of sulfone groups is 1. The highest BCUT2D eigenvalue weighted by Crippen LogP contribution is 2.00. The molecule has 0 fully saturated rings. The molecule has 12 heavy (non-hydrogen) atoms. The van der Waals surface area contributed by atoms with Crippen LogP contribution < -0.4 is 5.32 Å². The van der Waals surface area contributed by atoms with Crippen LogP contribution in [-0.4, -0.2) is 26.0 Å². The summed E-state index contributed by atoms with van der Waals surface area (Å²) < 4.78 is 22.0. The first kappa shape index (κ1) is 11.2. The van der Waals surface area contributed by atoms with E-state index in [4.69, 9.17) is 0 Å². The zero-order chi connectivity index (χ0) is 9.78. The summed E-state index contributed by atoms with van der Waals surface area (Å²) in [4.78, 5) is 10.6. The molecule has 0 spiro atoms. The third-order valence-corrected chi connectivity index (χ3v) is 2.61. The molecule has 0 bridgehead atoms. The van der Waals surface area contributed by atoms with Gasteiger partial charge in [-0.3, -0.25) is 4.79 Å². The van der Waals surface area contributed by atoms with Crippen molar-refractivity contribution in [2.24, 2.45) is 0 Å². The van der Waals surface area contributed by atoms with Crippen LogP contribution in [0.15, 0.2) is 12.7 Å². The fourth-order valence-corrected chi connectivity index (χ4v) is 1.58. The monoisotopic (exact) mass is 191 g/mol. The SMILES string of the molecule is C=CCC(NC(C)=O)S(C)(=O)=O. The molecular weight excluding hydrogens is 178 g/mol. The predicted molar refractivity (Wildman–Crippen MR) is 47.3 cm³/mol. The van der Waals surface area contributed by atoms with Crippen molar-refractivity contribution in [2.75, 3.05) is 6.26 Å². The zero-order valence-electron chi connectivity index (χ0n) is 7.20. The highest BCUT2D eigenvalue weighted by molar-refractivity contribution is 7.91. The number of carbonyl (C=O) groups excluding carboxylic acids is 1. The van der Waals surface area contributed by atoms with Gasteiger partial charge in [-0.15, -0.1) is 6.58 Å². The summed E-state index contributed by atoms with van der Waals surface area (Å²) in [7, 11) is -3.23. The minimum absolute atomic E-state index is 0.235. The van der Waals surface area contributed by atoms with Crippen molar-refractivity contribution in [3.63, 3.8) is 0 Å². The van der Waals surface area contributed by atoms with E-state index >= 15 is 0 Å². The quantitative estimate of drug-likeness (QED) is 0.639. The summed E-state index contributed by atoms with van der Waals surface area (Å²) in [5.41, 5.74) is 0. The second-order valence-electron chi connectivity index (χ2n) is 2.54. The van der Waals surface area contributed by atoms with Gasteiger partial charge in [0.05, 0.1) is 0 Å². The smallest absolute Gasteiger partial charge is 0.217 e. The van der Waals surface area contributed by atoms with Crippen LogP contribution in [0.5, 0.6) is 0 Å². The molecular formula is C7H13NO3S. The molecule has 0 heterocycles. The topological polar surface area (TPSA) is 63.2 Å².